The number of nitrogens with zero attached hydrogens (tertiary/aromatic N) is 3. The van der Waals surface area contributed by atoms with Crippen molar-refractivity contribution in [3.8, 4) is 11.4 Å². The lowest BCUT2D eigenvalue weighted by atomic mass is 10.1. The number of aromatic nitrogens is 5. The molecule has 3 aromatic rings. The predicted octanol–water partition coefficient (Wildman–Crippen LogP) is 0.447. The van der Waals surface area contributed by atoms with Crippen molar-refractivity contribution in [1.29, 1.82) is 0 Å². The number of primary amides is 1. The number of amides is 1. The second kappa shape index (κ2) is 3.41. The van der Waals surface area contributed by atoms with Crippen LogP contribution >= 0.6 is 0 Å². The van der Waals surface area contributed by atoms with E-state index < -0.39 is 5.91 Å². The van der Waals surface area contributed by atoms with E-state index in [1.807, 2.05) is 18.2 Å². The fourth-order valence-corrected chi connectivity index (χ4v) is 1.76. The van der Waals surface area contributed by atoms with Gasteiger partial charge in [0.25, 0.3) is 5.91 Å². The Morgan fingerprint density at radius 2 is 2.24 bits per heavy atom. The maximum Gasteiger partial charge on any atom is 0.265 e. The number of hydrogen-bond donors (Lipinski definition) is 3. The molecular formula is C10H8N6O. The van der Waals surface area contributed by atoms with Crippen molar-refractivity contribution < 1.29 is 4.79 Å². The van der Waals surface area contributed by atoms with Crippen LogP contribution in [0.4, 0.5) is 0 Å². The quantitative estimate of drug-likeness (QED) is 0.590. The van der Waals surface area contributed by atoms with Crippen LogP contribution < -0.4 is 5.73 Å². The van der Waals surface area contributed by atoms with Gasteiger partial charge in [-0.3, -0.25) is 4.79 Å². The van der Waals surface area contributed by atoms with Crippen LogP contribution in [0.2, 0.25) is 0 Å². The molecule has 2 aromatic heterocycles. The highest BCUT2D eigenvalue weighted by atomic mass is 16.1. The number of aromatic amines is 2. The molecular weight excluding hydrogens is 220 g/mol. The van der Waals surface area contributed by atoms with E-state index in [4.69, 9.17) is 5.73 Å². The summed E-state index contributed by atoms with van der Waals surface area (Å²) in [5, 5.41) is 14.6. The van der Waals surface area contributed by atoms with Gasteiger partial charge in [0.2, 0.25) is 5.82 Å². The fraction of sp³-hybridized carbons (Fsp3) is 0. The summed E-state index contributed by atoms with van der Waals surface area (Å²) in [7, 11) is 0. The first-order chi connectivity index (χ1) is 8.25. The number of hydrogen-bond acceptors (Lipinski definition) is 4. The van der Waals surface area contributed by atoms with Gasteiger partial charge in [0, 0.05) is 16.5 Å². The third-order valence-electron chi connectivity index (χ3n) is 2.52. The lowest BCUT2D eigenvalue weighted by Gasteiger charge is -1.95. The van der Waals surface area contributed by atoms with Gasteiger partial charge >= 0.3 is 0 Å². The van der Waals surface area contributed by atoms with E-state index in [-0.39, 0.29) is 0 Å². The van der Waals surface area contributed by atoms with Crippen LogP contribution in [0.3, 0.4) is 0 Å². The van der Waals surface area contributed by atoms with Gasteiger partial charge in [-0.1, -0.05) is 12.1 Å². The molecule has 0 radical (unpaired) electrons. The molecule has 84 valence electrons. The number of carbonyl (C=O) groups excluding carboxylic acids is 1. The third kappa shape index (κ3) is 1.44. The second-order valence-corrected chi connectivity index (χ2v) is 3.55. The Labute approximate surface area is 95.0 Å². The van der Waals surface area contributed by atoms with E-state index in [0.717, 1.165) is 16.5 Å². The van der Waals surface area contributed by atoms with Gasteiger partial charge < -0.3 is 10.7 Å². The molecule has 0 unspecified atom stereocenters. The molecule has 0 saturated carbocycles. The average molecular weight is 228 g/mol. The van der Waals surface area contributed by atoms with Crippen LogP contribution in [0, 0.1) is 0 Å². The normalized spacial score (nSPS) is 10.8. The Bertz CT molecular complexity index is 684. The van der Waals surface area contributed by atoms with Crippen LogP contribution in [0.1, 0.15) is 10.5 Å². The zero-order valence-corrected chi connectivity index (χ0v) is 8.64. The summed E-state index contributed by atoms with van der Waals surface area (Å²) in [5.74, 6) is -0.0223. The highest BCUT2D eigenvalue weighted by Crippen LogP contribution is 2.26. The molecule has 1 amide bonds. The number of H-pyrrole nitrogens is 2. The summed E-state index contributed by atoms with van der Waals surface area (Å²) < 4.78 is 0. The molecule has 0 aliphatic heterocycles. The SMILES string of the molecule is NC(=O)c1cc2c(-c3nn[nH]n3)cccc2[nH]1. The largest absolute Gasteiger partial charge is 0.364 e. The van der Waals surface area contributed by atoms with E-state index in [9.17, 15) is 4.79 Å². The maximum atomic E-state index is 11.1. The van der Waals surface area contributed by atoms with Crippen LogP contribution in [-0.2, 0) is 0 Å². The van der Waals surface area contributed by atoms with Crippen molar-refractivity contribution in [2.45, 2.75) is 0 Å². The first-order valence-electron chi connectivity index (χ1n) is 4.91. The standard InChI is InChI=1S/C10H8N6O/c11-9(17)8-4-6-5(10-13-15-16-14-10)2-1-3-7(6)12-8/h1-4,12H,(H2,11,17)(H,13,14,15,16). The minimum absolute atomic E-state index is 0.357. The molecule has 7 heteroatoms. The Hall–Kier alpha value is -2.70. The predicted molar refractivity (Wildman–Crippen MR) is 60.0 cm³/mol. The second-order valence-electron chi connectivity index (χ2n) is 3.55. The highest BCUT2D eigenvalue weighted by molar-refractivity contribution is 6.01. The summed E-state index contributed by atoms with van der Waals surface area (Å²) in [6, 6.07) is 7.23. The number of benzene rings is 1. The Morgan fingerprint density at radius 3 is 2.94 bits per heavy atom. The van der Waals surface area contributed by atoms with Gasteiger partial charge in [0.05, 0.1) is 0 Å². The first-order valence-corrected chi connectivity index (χ1v) is 4.91. The van der Waals surface area contributed by atoms with Gasteiger partial charge in [-0.15, -0.1) is 10.2 Å². The van der Waals surface area contributed by atoms with E-state index >= 15 is 0 Å². The molecule has 17 heavy (non-hydrogen) atoms. The molecule has 0 atom stereocenters. The van der Waals surface area contributed by atoms with Crippen molar-refractivity contribution in [2.24, 2.45) is 5.73 Å². The zero-order chi connectivity index (χ0) is 11.8. The molecule has 0 aliphatic carbocycles. The molecule has 0 fully saturated rings. The number of nitrogens with one attached hydrogen (secondary N) is 2. The molecule has 0 aliphatic rings. The minimum atomic E-state index is -0.500. The zero-order valence-electron chi connectivity index (χ0n) is 8.64. The summed E-state index contributed by atoms with van der Waals surface area (Å²) >= 11 is 0. The Balaban J connectivity index is 2.29. The third-order valence-corrected chi connectivity index (χ3v) is 2.52. The van der Waals surface area contributed by atoms with Gasteiger partial charge in [-0.05, 0) is 17.3 Å². The van der Waals surface area contributed by atoms with E-state index in [2.05, 4.69) is 25.6 Å². The average Bonchev–Trinajstić information content (AvgIpc) is 2.97. The summed E-state index contributed by atoms with van der Waals surface area (Å²) in [6.07, 6.45) is 0. The van der Waals surface area contributed by atoms with Crippen molar-refractivity contribution in [1.82, 2.24) is 25.6 Å². The summed E-state index contributed by atoms with van der Waals surface area (Å²) in [4.78, 5) is 14.0. The summed E-state index contributed by atoms with van der Waals surface area (Å²) in [6.45, 7) is 0. The molecule has 7 nitrogen and oxygen atoms in total. The molecule has 3 rings (SSSR count). The molecule has 0 saturated heterocycles. The van der Waals surface area contributed by atoms with Gasteiger partial charge in [-0.25, -0.2) is 0 Å². The van der Waals surface area contributed by atoms with Crippen molar-refractivity contribution in [3.05, 3.63) is 30.0 Å². The van der Waals surface area contributed by atoms with Gasteiger partial charge in [0.1, 0.15) is 5.69 Å². The molecule has 0 spiro atoms. The van der Waals surface area contributed by atoms with Crippen molar-refractivity contribution in [3.63, 3.8) is 0 Å². The van der Waals surface area contributed by atoms with Gasteiger partial charge in [-0.2, -0.15) is 5.21 Å². The fourth-order valence-electron chi connectivity index (χ4n) is 1.76. The monoisotopic (exact) mass is 228 g/mol. The minimum Gasteiger partial charge on any atom is -0.364 e. The van der Waals surface area contributed by atoms with E-state index in [1.165, 1.54) is 0 Å². The van der Waals surface area contributed by atoms with Gasteiger partial charge in [0.15, 0.2) is 0 Å². The topological polar surface area (TPSA) is 113 Å². The van der Waals surface area contributed by atoms with E-state index in [1.54, 1.807) is 6.07 Å². The number of carbonyl (C=O) groups is 1. The highest BCUT2D eigenvalue weighted by Gasteiger charge is 2.12. The number of rotatable bonds is 2. The maximum absolute atomic E-state index is 11.1. The lowest BCUT2D eigenvalue weighted by molar-refractivity contribution is 0.0996. The number of fused-ring (bicyclic) bond motifs is 1. The Morgan fingerprint density at radius 1 is 1.35 bits per heavy atom. The van der Waals surface area contributed by atoms with E-state index in [0.29, 0.717) is 11.5 Å². The molecule has 1 aromatic carbocycles. The first kappa shape index (κ1) is 9.52. The van der Waals surface area contributed by atoms with Crippen molar-refractivity contribution >= 4 is 16.8 Å². The molecule has 4 N–H and O–H groups in total. The number of nitrogens with two attached hydrogens (primary N) is 1. The van der Waals surface area contributed by atoms with Crippen LogP contribution in [-0.4, -0.2) is 31.5 Å². The van der Waals surface area contributed by atoms with Crippen LogP contribution in [0.5, 0.6) is 0 Å². The number of tetrazole rings is 1. The van der Waals surface area contributed by atoms with Crippen LogP contribution in [0.15, 0.2) is 24.3 Å². The lowest BCUT2D eigenvalue weighted by Crippen LogP contribution is -2.10. The van der Waals surface area contributed by atoms with Crippen LogP contribution in [0.25, 0.3) is 22.3 Å². The Kier molecular flexibility index (Phi) is 1.91. The molecule has 2 heterocycles. The molecule has 0 bridgehead atoms. The summed E-state index contributed by atoms with van der Waals surface area (Å²) in [5.41, 5.74) is 7.18. The van der Waals surface area contributed by atoms with Crippen molar-refractivity contribution in [2.75, 3.05) is 0 Å². The smallest absolute Gasteiger partial charge is 0.265 e.